The number of halogens is 1. The minimum Gasteiger partial charge on any atom is -0.394 e. The molecule has 1 unspecified atom stereocenters. The molecule has 0 aromatic carbocycles. The van der Waals surface area contributed by atoms with Gasteiger partial charge in [0.15, 0.2) is 0 Å². The molecular weight excluding hydrogens is 324 g/mol. The van der Waals surface area contributed by atoms with Crippen LogP contribution < -0.4 is 10.9 Å². The standard InChI is InChI=1S/C13H15BrN4O2/c1-9(10-3-2-4-15-7-10)17-11-8-16-18(5-6-19)13(20)12(11)14/h2-4,7-9,17,19H,5-6H2,1H3. The van der Waals surface area contributed by atoms with Crippen molar-refractivity contribution in [3.05, 3.63) is 51.1 Å². The lowest BCUT2D eigenvalue weighted by Gasteiger charge is -2.16. The smallest absolute Gasteiger partial charge is 0.283 e. The Labute approximate surface area is 124 Å². The van der Waals surface area contributed by atoms with Crippen molar-refractivity contribution in [2.45, 2.75) is 19.5 Å². The third kappa shape index (κ3) is 3.23. The molecule has 2 N–H and O–H groups in total. The molecule has 0 bridgehead atoms. The van der Waals surface area contributed by atoms with Gasteiger partial charge in [0.25, 0.3) is 5.56 Å². The van der Waals surface area contributed by atoms with Crippen molar-refractivity contribution in [1.29, 1.82) is 0 Å². The first-order valence-corrected chi connectivity index (χ1v) is 6.95. The van der Waals surface area contributed by atoms with Gasteiger partial charge in [-0.25, -0.2) is 4.68 Å². The van der Waals surface area contributed by atoms with Crippen molar-refractivity contribution in [2.75, 3.05) is 11.9 Å². The summed E-state index contributed by atoms with van der Waals surface area (Å²) in [5.74, 6) is 0. The Morgan fingerprint density at radius 2 is 2.30 bits per heavy atom. The summed E-state index contributed by atoms with van der Waals surface area (Å²) in [5.41, 5.74) is 1.35. The largest absolute Gasteiger partial charge is 0.394 e. The molecule has 2 heterocycles. The van der Waals surface area contributed by atoms with Crippen LogP contribution in [0.3, 0.4) is 0 Å². The minimum absolute atomic E-state index is 0.00473. The molecule has 0 aliphatic heterocycles. The zero-order valence-corrected chi connectivity index (χ0v) is 12.5. The first-order valence-electron chi connectivity index (χ1n) is 6.16. The fraction of sp³-hybridized carbons (Fsp3) is 0.308. The first kappa shape index (κ1) is 14.7. The second kappa shape index (κ2) is 6.62. The number of hydrogen-bond acceptors (Lipinski definition) is 5. The van der Waals surface area contributed by atoms with E-state index in [9.17, 15) is 4.79 Å². The number of pyridine rings is 1. The molecule has 2 aromatic rings. The van der Waals surface area contributed by atoms with Gasteiger partial charge in [0, 0.05) is 12.4 Å². The van der Waals surface area contributed by atoms with E-state index in [0.717, 1.165) is 5.56 Å². The Morgan fingerprint density at radius 1 is 1.50 bits per heavy atom. The highest BCUT2D eigenvalue weighted by atomic mass is 79.9. The summed E-state index contributed by atoms with van der Waals surface area (Å²) in [7, 11) is 0. The monoisotopic (exact) mass is 338 g/mol. The third-order valence-electron chi connectivity index (χ3n) is 2.85. The van der Waals surface area contributed by atoms with E-state index in [1.54, 1.807) is 18.6 Å². The summed E-state index contributed by atoms with van der Waals surface area (Å²) in [4.78, 5) is 16.1. The number of aliphatic hydroxyl groups is 1. The summed E-state index contributed by atoms with van der Waals surface area (Å²) in [6.45, 7) is 2.02. The van der Waals surface area contributed by atoms with Crippen LogP contribution in [0.1, 0.15) is 18.5 Å². The zero-order chi connectivity index (χ0) is 14.5. The summed E-state index contributed by atoms with van der Waals surface area (Å²) in [5, 5.41) is 16.1. The molecule has 1 atom stereocenters. The molecule has 106 valence electrons. The molecule has 0 amide bonds. The molecule has 0 radical (unpaired) electrons. The molecule has 0 aliphatic rings. The highest BCUT2D eigenvalue weighted by Crippen LogP contribution is 2.22. The Bertz CT molecular complexity index is 630. The lowest BCUT2D eigenvalue weighted by molar-refractivity contribution is 0.266. The predicted molar refractivity (Wildman–Crippen MR) is 79.6 cm³/mol. The van der Waals surface area contributed by atoms with Crippen LogP contribution in [0.25, 0.3) is 0 Å². The van der Waals surface area contributed by atoms with Crippen LogP contribution in [0.2, 0.25) is 0 Å². The van der Waals surface area contributed by atoms with E-state index in [1.807, 2.05) is 19.1 Å². The number of hydrogen-bond donors (Lipinski definition) is 2. The SMILES string of the molecule is CC(Nc1cnn(CCO)c(=O)c1Br)c1cccnc1. The number of rotatable bonds is 5. The fourth-order valence-electron chi connectivity index (χ4n) is 1.77. The lowest BCUT2D eigenvalue weighted by Crippen LogP contribution is -2.26. The van der Waals surface area contributed by atoms with Crippen molar-refractivity contribution in [1.82, 2.24) is 14.8 Å². The molecule has 0 spiro atoms. The predicted octanol–water partition coefficient (Wildman–Crippen LogP) is 1.57. The Balaban J connectivity index is 2.22. The molecule has 0 aliphatic carbocycles. The molecule has 0 saturated heterocycles. The highest BCUT2D eigenvalue weighted by molar-refractivity contribution is 9.10. The summed E-state index contributed by atoms with van der Waals surface area (Å²) >= 11 is 3.27. The van der Waals surface area contributed by atoms with Crippen LogP contribution in [-0.2, 0) is 6.54 Å². The molecule has 20 heavy (non-hydrogen) atoms. The van der Waals surface area contributed by atoms with Gasteiger partial charge in [-0.15, -0.1) is 0 Å². The van der Waals surface area contributed by atoms with Crippen molar-refractivity contribution < 1.29 is 5.11 Å². The minimum atomic E-state index is -0.276. The fourth-order valence-corrected chi connectivity index (χ4v) is 2.19. The molecule has 2 aromatic heterocycles. The van der Waals surface area contributed by atoms with Gasteiger partial charge in [-0.05, 0) is 34.5 Å². The summed E-state index contributed by atoms with van der Waals surface area (Å²) in [6.07, 6.45) is 5.05. The van der Waals surface area contributed by atoms with E-state index >= 15 is 0 Å². The Hall–Kier alpha value is -1.73. The number of nitrogens with zero attached hydrogens (tertiary/aromatic N) is 3. The molecule has 0 saturated carbocycles. The maximum absolute atomic E-state index is 12.0. The maximum Gasteiger partial charge on any atom is 0.283 e. The summed E-state index contributed by atoms with van der Waals surface area (Å²) in [6, 6.07) is 3.81. The van der Waals surface area contributed by atoms with E-state index in [2.05, 4.69) is 31.3 Å². The normalized spacial score (nSPS) is 12.2. The van der Waals surface area contributed by atoms with E-state index in [0.29, 0.717) is 10.2 Å². The third-order valence-corrected chi connectivity index (χ3v) is 3.62. The van der Waals surface area contributed by atoms with E-state index in [1.165, 1.54) is 4.68 Å². The van der Waals surface area contributed by atoms with Crippen LogP contribution >= 0.6 is 15.9 Å². The zero-order valence-electron chi connectivity index (χ0n) is 11.0. The molecule has 2 rings (SSSR count). The van der Waals surface area contributed by atoms with E-state index < -0.39 is 0 Å². The van der Waals surface area contributed by atoms with Crippen LogP contribution in [0.5, 0.6) is 0 Å². The summed E-state index contributed by atoms with van der Waals surface area (Å²) < 4.78 is 1.61. The van der Waals surface area contributed by atoms with Crippen molar-refractivity contribution >= 4 is 21.6 Å². The number of aromatic nitrogens is 3. The van der Waals surface area contributed by atoms with Crippen LogP contribution in [-0.4, -0.2) is 26.5 Å². The quantitative estimate of drug-likeness (QED) is 0.864. The Kier molecular flexibility index (Phi) is 4.86. The second-order valence-electron chi connectivity index (χ2n) is 4.28. The topological polar surface area (TPSA) is 80.0 Å². The lowest BCUT2D eigenvalue weighted by atomic mass is 10.1. The average Bonchev–Trinajstić information content (AvgIpc) is 2.48. The van der Waals surface area contributed by atoms with E-state index in [4.69, 9.17) is 5.11 Å². The van der Waals surface area contributed by atoms with Crippen molar-refractivity contribution in [3.63, 3.8) is 0 Å². The maximum atomic E-state index is 12.0. The van der Waals surface area contributed by atoms with Crippen LogP contribution in [0.15, 0.2) is 40.0 Å². The number of anilines is 1. The van der Waals surface area contributed by atoms with Gasteiger partial charge in [0.1, 0.15) is 4.47 Å². The van der Waals surface area contributed by atoms with Gasteiger partial charge in [0.05, 0.1) is 31.1 Å². The van der Waals surface area contributed by atoms with Gasteiger partial charge in [0.2, 0.25) is 0 Å². The van der Waals surface area contributed by atoms with Gasteiger partial charge >= 0.3 is 0 Å². The molecular formula is C13H15BrN4O2. The van der Waals surface area contributed by atoms with Gasteiger partial charge in [-0.2, -0.15) is 5.10 Å². The Morgan fingerprint density at radius 3 is 2.95 bits per heavy atom. The number of aliphatic hydroxyl groups excluding tert-OH is 1. The highest BCUT2D eigenvalue weighted by Gasteiger charge is 2.12. The van der Waals surface area contributed by atoms with Gasteiger partial charge in [-0.1, -0.05) is 6.07 Å². The molecule has 0 fully saturated rings. The molecule has 7 heteroatoms. The van der Waals surface area contributed by atoms with Crippen LogP contribution in [0, 0.1) is 0 Å². The van der Waals surface area contributed by atoms with Crippen LogP contribution in [0.4, 0.5) is 5.69 Å². The molecule has 6 nitrogen and oxygen atoms in total. The van der Waals surface area contributed by atoms with Gasteiger partial charge < -0.3 is 10.4 Å². The van der Waals surface area contributed by atoms with Crippen molar-refractivity contribution in [2.24, 2.45) is 0 Å². The van der Waals surface area contributed by atoms with Crippen molar-refractivity contribution in [3.8, 4) is 0 Å². The second-order valence-corrected chi connectivity index (χ2v) is 5.07. The first-order chi connectivity index (χ1) is 9.63. The van der Waals surface area contributed by atoms with E-state index in [-0.39, 0.29) is 24.8 Å². The average molecular weight is 339 g/mol. The van der Waals surface area contributed by atoms with Gasteiger partial charge in [-0.3, -0.25) is 9.78 Å². The number of nitrogens with one attached hydrogen (secondary N) is 1.